The molecule has 2 aromatic heterocycles. The Labute approximate surface area is 459 Å². The molecule has 20 heteroatoms. The number of aliphatic hydroxyl groups is 1. The molecule has 3 atom stereocenters. The van der Waals surface area contributed by atoms with E-state index < -0.39 is 35.3 Å². The second kappa shape index (κ2) is 27.7. The number of likely N-dealkylation sites (tertiary alicyclic amines) is 1. The molecule has 0 bridgehead atoms. The van der Waals surface area contributed by atoms with Crippen molar-refractivity contribution in [3.05, 3.63) is 101 Å². The summed E-state index contributed by atoms with van der Waals surface area (Å²) < 4.78 is 20.0. The Hall–Kier alpha value is -6.54. The molecule has 1 unspecified atom stereocenters. The summed E-state index contributed by atoms with van der Waals surface area (Å²) in [5, 5.41) is 23.0. The first-order valence-electron chi connectivity index (χ1n) is 26.6. The third kappa shape index (κ3) is 16.5. The number of halogens is 2. The number of nitrogens with one attached hydrogen (secondary N) is 4. The zero-order chi connectivity index (χ0) is 55.1. The molecule has 2 saturated heterocycles. The van der Waals surface area contributed by atoms with E-state index in [1.807, 2.05) is 62.4 Å². The predicted molar refractivity (Wildman–Crippen MR) is 299 cm³/mol. The summed E-state index contributed by atoms with van der Waals surface area (Å²) in [4.78, 5) is 86.1. The first kappa shape index (κ1) is 58.1. The predicted octanol–water partition coefficient (Wildman–Crippen LogP) is 8.96. The Morgan fingerprint density at radius 1 is 0.922 bits per heavy atom. The van der Waals surface area contributed by atoms with E-state index in [9.17, 15) is 33.5 Å². The summed E-state index contributed by atoms with van der Waals surface area (Å²) in [7, 11) is 0. The maximum atomic E-state index is 14.0. The number of aryl methyl sites for hydroxylation is 1. The average Bonchev–Trinajstić information content (AvgIpc) is 4.07. The van der Waals surface area contributed by atoms with Crippen LogP contribution in [0.5, 0.6) is 5.75 Å². The molecule has 2 aliphatic heterocycles. The Bertz CT molecular complexity index is 2860. The minimum atomic E-state index is -0.871. The standard InChI is InChI=1S/C57H72ClFN10O7S/c1-6-49(71)65-46-31-42-45(61-35-62-54(42)64-40-21-22-44(59)43(58)29-40)32-48(46)76-28-14-23-67-24-26-68(27-25-67)51(73)16-13-11-9-7-8-10-12-15-50(72)66-53(57(3,4)5)56(75)69-34-41(70)30-47(69)55(74)60-33-38-17-19-39(20-18-38)52-37(2)63-36-77-52/h6,17-22,29,31-32,35-36,41,47,53,70H,1,7-16,23-28,30,33-34H2,2-5H3,(H,60,74)(H,65,71)(H,66,72)(H,61,62,64)/t41-,47+,53?/m1/s1. The summed E-state index contributed by atoms with van der Waals surface area (Å²) >= 11 is 7.56. The van der Waals surface area contributed by atoms with Gasteiger partial charge in [0.25, 0.3) is 0 Å². The molecule has 3 aromatic carbocycles. The van der Waals surface area contributed by atoms with Crippen molar-refractivity contribution in [2.45, 2.75) is 123 Å². The lowest BCUT2D eigenvalue weighted by Gasteiger charge is -2.35. The minimum Gasteiger partial charge on any atom is -0.491 e. The second-order valence-corrected chi connectivity index (χ2v) is 22.1. The molecule has 17 nitrogen and oxygen atoms in total. The number of nitrogens with zero attached hydrogens (tertiary/aromatic N) is 6. The summed E-state index contributed by atoms with van der Waals surface area (Å²) in [6, 6.07) is 13.9. The molecule has 5 aromatic rings. The van der Waals surface area contributed by atoms with Crippen LogP contribution in [0.15, 0.2) is 79.1 Å². The molecule has 2 fully saturated rings. The molecule has 412 valence electrons. The van der Waals surface area contributed by atoms with Gasteiger partial charge in [-0.3, -0.25) is 28.9 Å². The number of aliphatic hydroxyl groups excluding tert-OH is 1. The molecule has 0 spiro atoms. The highest BCUT2D eigenvalue weighted by Gasteiger charge is 2.44. The third-order valence-electron chi connectivity index (χ3n) is 14.0. The monoisotopic (exact) mass is 1090 g/mol. The number of β-amino-alcohol motifs (C(OH)–C–C–N with tert-alkyl or cyclic N) is 1. The van der Waals surface area contributed by atoms with Crippen LogP contribution in [0.25, 0.3) is 21.3 Å². The van der Waals surface area contributed by atoms with Crippen molar-refractivity contribution in [2.24, 2.45) is 5.41 Å². The van der Waals surface area contributed by atoms with Crippen LogP contribution in [-0.2, 0) is 30.5 Å². The van der Waals surface area contributed by atoms with Crippen molar-refractivity contribution in [1.82, 2.24) is 40.3 Å². The molecule has 0 radical (unpaired) electrons. The van der Waals surface area contributed by atoms with Gasteiger partial charge in [0.2, 0.25) is 29.5 Å². The number of ether oxygens (including phenoxy) is 1. The molecule has 5 amide bonds. The Morgan fingerprint density at radius 3 is 2.31 bits per heavy atom. The van der Waals surface area contributed by atoms with Gasteiger partial charge >= 0.3 is 0 Å². The Balaban J connectivity index is 0.749. The van der Waals surface area contributed by atoms with E-state index in [4.69, 9.17) is 16.3 Å². The fourth-order valence-corrected chi connectivity index (χ4v) is 10.6. The van der Waals surface area contributed by atoms with Crippen LogP contribution >= 0.6 is 22.9 Å². The van der Waals surface area contributed by atoms with Crippen LogP contribution in [0.2, 0.25) is 5.02 Å². The first-order chi connectivity index (χ1) is 37.0. The molecule has 0 aliphatic carbocycles. The van der Waals surface area contributed by atoms with Crippen molar-refractivity contribution in [2.75, 3.05) is 56.5 Å². The highest BCUT2D eigenvalue weighted by Crippen LogP contribution is 2.35. The van der Waals surface area contributed by atoms with Crippen LogP contribution in [0.4, 0.5) is 21.6 Å². The average molecular weight is 1100 g/mol. The lowest BCUT2D eigenvalue weighted by molar-refractivity contribution is -0.144. The summed E-state index contributed by atoms with van der Waals surface area (Å²) in [6.07, 6.45) is 9.68. The zero-order valence-corrected chi connectivity index (χ0v) is 46.1. The highest BCUT2D eigenvalue weighted by molar-refractivity contribution is 7.13. The van der Waals surface area contributed by atoms with E-state index in [0.29, 0.717) is 66.4 Å². The summed E-state index contributed by atoms with van der Waals surface area (Å²) in [5.74, 6) is -0.831. The van der Waals surface area contributed by atoms with Crippen LogP contribution in [-0.4, -0.2) is 128 Å². The van der Waals surface area contributed by atoms with Crippen LogP contribution in [0.1, 0.15) is 103 Å². The van der Waals surface area contributed by atoms with E-state index >= 15 is 0 Å². The van der Waals surface area contributed by atoms with Gasteiger partial charge in [0.05, 0.1) is 45.0 Å². The number of amides is 5. The van der Waals surface area contributed by atoms with Gasteiger partial charge in [-0.15, -0.1) is 11.3 Å². The van der Waals surface area contributed by atoms with Gasteiger partial charge < -0.3 is 40.9 Å². The fraction of sp³-hybridized carbons (Fsp3) is 0.474. The normalized spacial score (nSPS) is 16.2. The van der Waals surface area contributed by atoms with Crippen LogP contribution in [0, 0.1) is 18.2 Å². The van der Waals surface area contributed by atoms with Gasteiger partial charge in [-0.25, -0.2) is 19.3 Å². The largest absolute Gasteiger partial charge is 0.491 e. The van der Waals surface area contributed by atoms with E-state index in [1.54, 1.807) is 29.5 Å². The highest BCUT2D eigenvalue weighted by atomic mass is 35.5. The number of carbonyl (C=O) groups excluding carboxylic acids is 5. The number of benzene rings is 3. The van der Waals surface area contributed by atoms with Gasteiger partial charge in [0, 0.05) is 82.2 Å². The molecule has 4 heterocycles. The summed E-state index contributed by atoms with van der Waals surface area (Å²) in [6.45, 7) is 15.5. The van der Waals surface area contributed by atoms with E-state index in [-0.39, 0.29) is 54.6 Å². The second-order valence-electron chi connectivity index (χ2n) is 20.9. The van der Waals surface area contributed by atoms with E-state index in [0.717, 1.165) is 86.3 Å². The number of unbranched alkanes of at least 4 members (excludes halogenated alkanes) is 6. The number of fused-ring (bicyclic) bond motifs is 1. The Kier molecular flexibility index (Phi) is 20.9. The number of piperazine rings is 1. The smallest absolute Gasteiger partial charge is 0.247 e. The Morgan fingerprint density at radius 2 is 1.64 bits per heavy atom. The van der Waals surface area contributed by atoms with Crippen molar-refractivity contribution in [1.29, 1.82) is 0 Å². The van der Waals surface area contributed by atoms with Crippen molar-refractivity contribution in [3.63, 3.8) is 0 Å². The van der Waals surface area contributed by atoms with E-state index in [2.05, 4.69) is 47.7 Å². The van der Waals surface area contributed by atoms with Gasteiger partial charge in [0.15, 0.2) is 0 Å². The van der Waals surface area contributed by atoms with Gasteiger partial charge in [0.1, 0.15) is 35.8 Å². The van der Waals surface area contributed by atoms with Gasteiger partial charge in [-0.2, -0.15) is 0 Å². The van der Waals surface area contributed by atoms with Gasteiger partial charge in [-0.1, -0.05) is 95.3 Å². The van der Waals surface area contributed by atoms with Crippen LogP contribution in [0.3, 0.4) is 0 Å². The number of rotatable bonds is 25. The number of hydrogen-bond acceptors (Lipinski definition) is 13. The number of aromatic nitrogens is 3. The number of thiazole rings is 1. The van der Waals surface area contributed by atoms with Crippen molar-refractivity contribution in [3.8, 4) is 16.2 Å². The molecular weight excluding hydrogens is 1020 g/mol. The summed E-state index contributed by atoms with van der Waals surface area (Å²) in [5.41, 5.74) is 5.62. The lowest BCUT2D eigenvalue weighted by atomic mass is 9.85. The number of hydrogen-bond donors (Lipinski definition) is 5. The number of anilines is 3. The zero-order valence-electron chi connectivity index (χ0n) is 44.5. The van der Waals surface area contributed by atoms with Crippen molar-refractivity contribution < 1.29 is 38.2 Å². The molecule has 2 aliphatic rings. The first-order valence-corrected chi connectivity index (χ1v) is 27.8. The molecule has 0 saturated carbocycles. The SMILES string of the molecule is C=CC(=O)Nc1cc2c(Nc3ccc(F)c(Cl)c3)ncnc2cc1OCCCN1CCN(C(=O)CCCCCCCCCC(=O)NC(C(=O)N2C[C@H](O)C[C@H]2C(=O)NCc2ccc(-c3scnc3C)cc2)C(C)(C)C)CC1. The molecule has 7 rings (SSSR count). The lowest BCUT2D eigenvalue weighted by Crippen LogP contribution is -2.57. The molecular formula is C57H72ClFN10O7S. The molecule has 77 heavy (non-hydrogen) atoms. The quantitative estimate of drug-likeness (QED) is 0.0274. The maximum absolute atomic E-state index is 14.0. The minimum absolute atomic E-state index is 0.0178. The number of carbonyl (C=O) groups is 5. The molecule has 5 N–H and O–H groups in total. The maximum Gasteiger partial charge on any atom is 0.247 e. The van der Waals surface area contributed by atoms with Crippen molar-refractivity contribution >= 4 is 80.6 Å². The topological polar surface area (TPSA) is 211 Å². The third-order valence-corrected chi connectivity index (χ3v) is 15.2. The van der Waals surface area contributed by atoms with Gasteiger partial charge in [-0.05, 0) is 73.1 Å². The van der Waals surface area contributed by atoms with Crippen LogP contribution < -0.4 is 26.0 Å². The van der Waals surface area contributed by atoms with E-state index in [1.165, 1.54) is 29.4 Å². The fourth-order valence-electron chi connectivity index (χ4n) is 9.60.